The molecule has 0 bridgehead atoms. The van der Waals surface area contributed by atoms with Crippen LogP contribution in [0.15, 0.2) is 0 Å². The molecule has 0 radical (unpaired) electrons. The summed E-state index contributed by atoms with van der Waals surface area (Å²) < 4.78 is 0. The molecule has 0 saturated heterocycles. The van der Waals surface area contributed by atoms with Gasteiger partial charge in [0.05, 0.1) is 5.75 Å². The smallest absolute Gasteiger partial charge is 0.321 e. The Morgan fingerprint density at radius 3 is 2.33 bits per heavy atom. The van der Waals surface area contributed by atoms with Gasteiger partial charge in [-0.25, -0.2) is 9.59 Å². The molecule has 10 heteroatoms. The molecule has 0 aliphatic heterocycles. The van der Waals surface area contributed by atoms with Crippen LogP contribution in [0.5, 0.6) is 0 Å². The van der Waals surface area contributed by atoms with E-state index in [1.807, 2.05) is 0 Å². The van der Waals surface area contributed by atoms with E-state index < -0.39 is 12.1 Å². The Kier molecular flexibility index (Phi) is 10.3. The summed E-state index contributed by atoms with van der Waals surface area (Å²) in [5, 5.41) is 9.43. The molecule has 0 spiro atoms. The Labute approximate surface area is 149 Å². The predicted octanol–water partition coefficient (Wildman–Crippen LogP) is 1.23. The number of urea groups is 2. The first-order valence-corrected chi connectivity index (χ1v) is 10.4. The van der Waals surface area contributed by atoms with Gasteiger partial charge in [-0.3, -0.25) is 20.2 Å². The minimum Gasteiger partial charge on any atom is -0.341 e. The zero-order valence-electron chi connectivity index (χ0n) is 13.7. The number of carbonyl (C=O) groups excluding carboxylic acids is 4. The number of hydrogen-bond donors (Lipinski definition) is 4. The molecule has 4 N–H and O–H groups in total. The molecule has 0 heterocycles. The van der Waals surface area contributed by atoms with Crippen LogP contribution in [-0.2, 0) is 9.59 Å². The second kappa shape index (κ2) is 12.0. The lowest BCUT2D eigenvalue weighted by atomic mass is 9.89. The Hall–Kier alpha value is -1.42. The van der Waals surface area contributed by atoms with Crippen molar-refractivity contribution >= 4 is 45.5 Å². The zero-order chi connectivity index (χ0) is 17.8. The highest BCUT2D eigenvalue weighted by molar-refractivity contribution is 8.76. The molecule has 1 saturated carbocycles. The first kappa shape index (κ1) is 20.6. The third kappa shape index (κ3) is 9.02. The topological polar surface area (TPSA) is 116 Å². The van der Waals surface area contributed by atoms with Crippen LogP contribution in [0.1, 0.15) is 32.1 Å². The van der Waals surface area contributed by atoms with Gasteiger partial charge in [-0.15, -0.1) is 0 Å². The number of hydrogen-bond acceptors (Lipinski definition) is 6. The summed E-state index contributed by atoms with van der Waals surface area (Å²) >= 11 is 0. The lowest BCUT2D eigenvalue weighted by Crippen LogP contribution is -2.43. The maximum absolute atomic E-state index is 11.9. The van der Waals surface area contributed by atoms with E-state index in [0.717, 1.165) is 32.1 Å². The van der Waals surface area contributed by atoms with E-state index >= 15 is 0 Å². The van der Waals surface area contributed by atoms with Gasteiger partial charge >= 0.3 is 12.1 Å². The van der Waals surface area contributed by atoms with Crippen molar-refractivity contribution in [1.82, 2.24) is 21.3 Å². The largest absolute Gasteiger partial charge is 0.341 e. The molecule has 6 amide bonds. The predicted molar refractivity (Wildman–Crippen MR) is 95.6 cm³/mol. The molecule has 24 heavy (non-hydrogen) atoms. The van der Waals surface area contributed by atoms with Crippen molar-refractivity contribution in [2.24, 2.45) is 5.92 Å². The summed E-state index contributed by atoms with van der Waals surface area (Å²) in [5.74, 6) is 0.108. The normalized spacial score (nSPS) is 14.5. The summed E-state index contributed by atoms with van der Waals surface area (Å²) in [7, 11) is 4.12. The zero-order valence-corrected chi connectivity index (χ0v) is 15.3. The number of carbonyl (C=O) groups is 4. The highest BCUT2D eigenvalue weighted by Gasteiger charge is 2.22. The fourth-order valence-corrected chi connectivity index (χ4v) is 3.95. The summed E-state index contributed by atoms with van der Waals surface area (Å²) in [6, 6.07) is -1.01. The Bertz CT molecular complexity index is 456. The molecule has 0 aromatic rings. The van der Waals surface area contributed by atoms with Gasteiger partial charge in [-0.2, -0.15) is 0 Å². The standard InChI is InChI=1S/C14H24N4O4S2/c1-15-13(21)17-11(19)9-24-23-8-7-16-14(22)18-12(20)10-5-3-2-4-6-10/h10H,2-9H2,1H3,(H2,15,17,19,21)(H2,16,18,20,22). The molecule has 136 valence electrons. The third-order valence-corrected chi connectivity index (χ3v) is 5.71. The second-order valence-corrected chi connectivity index (χ2v) is 7.87. The van der Waals surface area contributed by atoms with Crippen LogP contribution in [-0.4, -0.2) is 49.0 Å². The van der Waals surface area contributed by atoms with Crippen molar-refractivity contribution in [2.45, 2.75) is 32.1 Å². The van der Waals surface area contributed by atoms with Gasteiger partial charge in [-0.1, -0.05) is 40.9 Å². The lowest BCUT2D eigenvalue weighted by molar-refractivity contribution is -0.124. The maximum atomic E-state index is 11.9. The summed E-state index contributed by atoms with van der Waals surface area (Å²) in [6.07, 6.45) is 4.95. The number of amides is 6. The average molecular weight is 377 g/mol. The van der Waals surface area contributed by atoms with Crippen molar-refractivity contribution in [3.63, 3.8) is 0 Å². The molecule has 8 nitrogen and oxygen atoms in total. The van der Waals surface area contributed by atoms with Crippen LogP contribution in [0.3, 0.4) is 0 Å². The first-order chi connectivity index (χ1) is 11.5. The van der Waals surface area contributed by atoms with Gasteiger partial charge in [0, 0.05) is 25.3 Å². The van der Waals surface area contributed by atoms with E-state index in [0.29, 0.717) is 12.3 Å². The van der Waals surface area contributed by atoms with Gasteiger partial charge in [0.25, 0.3) is 0 Å². The summed E-state index contributed by atoms with van der Waals surface area (Å²) in [6.45, 7) is 0.387. The minimum absolute atomic E-state index is 0.0479. The molecule has 1 aliphatic carbocycles. The highest BCUT2D eigenvalue weighted by Crippen LogP contribution is 2.23. The molecule has 0 unspecified atom stereocenters. The van der Waals surface area contributed by atoms with E-state index in [4.69, 9.17) is 0 Å². The third-order valence-electron chi connectivity index (χ3n) is 3.44. The Morgan fingerprint density at radius 2 is 1.67 bits per heavy atom. The van der Waals surface area contributed by atoms with Crippen LogP contribution < -0.4 is 21.3 Å². The summed E-state index contributed by atoms with van der Waals surface area (Å²) in [4.78, 5) is 45.7. The highest BCUT2D eigenvalue weighted by atomic mass is 33.1. The first-order valence-electron chi connectivity index (χ1n) is 7.87. The van der Waals surface area contributed by atoms with Crippen LogP contribution in [0.2, 0.25) is 0 Å². The van der Waals surface area contributed by atoms with Gasteiger partial charge in [0.15, 0.2) is 0 Å². The average Bonchev–Trinajstić information content (AvgIpc) is 2.58. The van der Waals surface area contributed by atoms with Crippen molar-refractivity contribution in [2.75, 3.05) is 25.1 Å². The molecular weight excluding hydrogens is 352 g/mol. The SMILES string of the molecule is CNC(=O)NC(=O)CSSCCNC(=O)NC(=O)C1CCCCC1. The maximum Gasteiger partial charge on any atom is 0.321 e. The molecule has 1 rings (SSSR count). The van der Waals surface area contributed by atoms with Crippen LogP contribution >= 0.6 is 21.6 Å². The van der Waals surface area contributed by atoms with Crippen LogP contribution in [0.4, 0.5) is 9.59 Å². The minimum atomic E-state index is -0.536. The van der Waals surface area contributed by atoms with E-state index in [-0.39, 0.29) is 23.5 Å². The fraction of sp³-hybridized carbons (Fsp3) is 0.714. The fourth-order valence-electron chi connectivity index (χ4n) is 2.21. The lowest BCUT2D eigenvalue weighted by Gasteiger charge is -2.20. The molecule has 0 atom stereocenters. The number of imide groups is 2. The van der Waals surface area contributed by atoms with Crippen LogP contribution in [0, 0.1) is 5.92 Å². The Morgan fingerprint density at radius 1 is 0.958 bits per heavy atom. The van der Waals surface area contributed by atoms with Gasteiger partial charge in [-0.05, 0) is 12.8 Å². The van der Waals surface area contributed by atoms with Crippen molar-refractivity contribution in [1.29, 1.82) is 0 Å². The van der Waals surface area contributed by atoms with Gasteiger partial charge < -0.3 is 10.6 Å². The molecule has 0 aromatic carbocycles. The molecule has 1 fully saturated rings. The second-order valence-electron chi connectivity index (χ2n) is 5.29. The van der Waals surface area contributed by atoms with Crippen molar-refractivity contribution < 1.29 is 19.2 Å². The quantitative estimate of drug-likeness (QED) is 0.392. The monoisotopic (exact) mass is 376 g/mol. The number of nitrogens with one attached hydrogen (secondary N) is 4. The molecule has 0 aromatic heterocycles. The molecular formula is C14H24N4O4S2. The van der Waals surface area contributed by atoms with Crippen molar-refractivity contribution in [3.05, 3.63) is 0 Å². The van der Waals surface area contributed by atoms with E-state index in [1.54, 1.807) is 0 Å². The van der Waals surface area contributed by atoms with Crippen LogP contribution in [0.25, 0.3) is 0 Å². The molecule has 1 aliphatic rings. The van der Waals surface area contributed by atoms with Crippen molar-refractivity contribution in [3.8, 4) is 0 Å². The van der Waals surface area contributed by atoms with E-state index in [1.165, 1.54) is 28.6 Å². The van der Waals surface area contributed by atoms with Gasteiger partial charge in [0.1, 0.15) is 0 Å². The van der Waals surface area contributed by atoms with E-state index in [2.05, 4.69) is 21.3 Å². The van der Waals surface area contributed by atoms with E-state index in [9.17, 15) is 19.2 Å². The number of rotatable bonds is 7. The summed E-state index contributed by atoms with van der Waals surface area (Å²) in [5.41, 5.74) is 0. The Balaban J connectivity index is 2.02. The van der Waals surface area contributed by atoms with Gasteiger partial charge in [0.2, 0.25) is 11.8 Å².